The van der Waals surface area contributed by atoms with Gasteiger partial charge in [-0.25, -0.2) is 22.9 Å². The number of ether oxygens (including phenoxy) is 1. The van der Waals surface area contributed by atoms with Crippen LogP contribution in [-0.2, 0) is 6.54 Å². The number of hydrogen-bond donors (Lipinski definition) is 2. The third kappa shape index (κ3) is 7.33. The van der Waals surface area contributed by atoms with E-state index in [9.17, 15) is 23.1 Å². The molecule has 0 aliphatic carbocycles. The molecule has 0 radical (unpaired) electrons. The van der Waals surface area contributed by atoms with Crippen LogP contribution in [0.1, 0.15) is 12.0 Å². The summed E-state index contributed by atoms with van der Waals surface area (Å²) >= 11 is 0. The molecule has 1 aliphatic rings. The minimum atomic E-state index is -1.35. The van der Waals surface area contributed by atoms with Gasteiger partial charge in [0.1, 0.15) is 5.82 Å². The number of rotatable bonds is 10. The second-order valence-corrected chi connectivity index (χ2v) is 8.97. The number of carbonyl (C=O) groups is 1. The van der Waals surface area contributed by atoms with Crippen molar-refractivity contribution in [2.24, 2.45) is 0 Å². The summed E-state index contributed by atoms with van der Waals surface area (Å²) in [6.45, 7) is 5.14. The first kappa shape index (κ1) is 27.1. The van der Waals surface area contributed by atoms with Crippen molar-refractivity contribution in [3.8, 4) is 5.75 Å². The Labute approximate surface area is 218 Å². The molecule has 0 bridgehead atoms. The number of benzene rings is 2. The van der Waals surface area contributed by atoms with Gasteiger partial charge in [0, 0.05) is 50.7 Å². The van der Waals surface area contributed by atoms with Crippen LogP contribution in [0.3, 0.4) is 0 Å². The number of carboxylic acid groups (broad SMARTS) is 1. The quantitative estimate of drug-likeness (QED) is 0.374. The normalized spacial score (nSPS) is 14.3. The van der Waals surface area contributed by atoms with E-state index in [1.54, 1.807) is 6.07 Å². The first-order valence-corrected chi connectivity index (χ1v) is 12.2. The highest BCUT2D eigenvalue weighted by Gasteiger charge is 2.18. The summed E-state index contributed by atoms with van der Waals surface area (Å²) in [6, 6.07) is 8.83. The van der Waals surface area contributed by atoms with Gasteiger partial charge in [0.15, 0.2) is 23.2 Å². The number of anilines is 3. The van der Waals surface area contributed by atoms with Crippen LogP contribution in [0.2, 0.25) is 0 Å². The van der Waals surface area contributed by atoms with Gasteiger partial charge in [-0.15, -0.1) is 0 Å². The molecule has 2 aromatic carbocycles. The van der Waals surface area contributed by atoms with Crippen LogP contribution < -0.4 is 15.0 Å². The molecule has 1 aliphatic heterocycles. The molecule has 1 aromatic heterocycles. The first-order chi connectivity index (χ1) is 18.3. The van der Waals surface area contributed by atoms with Crippen molar-refractivity contribution in [1.29, 1.82) is 0 Å². The molecular weight excluding hydrogens is 501 g/mol. The molecule has 0 unspecified atom stereocenters. The van der Waals surface area contributed by atoms with E-state index >= 15 is 0 Å². The highest BCUT2D eigenvalue weighted by molar-refractivity contribution is 5.84. The van der Waals surface area contributed by atoms with Gasteiger partial charge in [-0.1, -0.05) is 6.07 Å². The van der Waals surface area contributed by atoms with E-state index in [-0.39, 0.29) is 29.6 Å². The third-order valence-electron chi connectivity index (χ3n) is 6.13. The van der Waals surface area contributed by atoms with Crippen molar-refractivity contribution in [2.75, 3.05) is 56.6 Å². The van der Waals surface area contributed by atoms with Crippen LogP contribution in [0.25, 0.3) is 0 Å². The fourth-order valence-electron chi connectivity index (χ4n) is 3.99. The predicted octanol–water partition coefficient (Wildman–Crippen LogP) is 4.34. The lowest BCUT2D eigenvalue weighted by Crippen LogP contribution is -2.44. The van der Waals surface area contributed by atoms with Crippen LogP contribution in [0.15, 0.2) is 48.7 Å². The van der Waals surface area contributed by atoms with Crippen molar-refractivity contribution in [3.63, 3.8) is 0 Å². The summed E-state index contributed by atoms with van der Waals surface area (Å²) in [6.07, 6.45) is 0.772. The summed E-state index contributed by atoms with van der Waals surface area (Å²) in [7, 11) is 2.11. The number of amides is 1. The Morgan fingerprint density at radius 2 is 1.84 bits per heavy atom. The van der Waals surface area contributed by atoms with E-state index in [0.29, 0.717) is 12.3 Å². The molecule has 202 valence electrons. The van der Waals surface area contributed by atoms with E-state index in [2.05, 4.69) is 32.1 Å². The van der Waals surface area contributed by atoms with E-state index < -0.39 is 23.5 Å². The number of halogens is 3. The van der Waals surface area contributed by atoms with Crippen molar-refractivity contribution in [2.45, 2.75) is 13.0 Å². The topological polar surface area (TPSA) is 94.1 Å². The molecule has 1 amide bonds. The molecule has 2 heterocycles. The highest BCUT2D eigenvalue weighted by Crippen LogP contribution is 2.24. The molecule has 2 N–H and O–H groups in total. The molecule has 0 saturated carbocycles. The van der Waals surface area contributed by atoms with Gasteiger partial charge >= 0.3 is 6.09 Å². The first-order valence-electron chi connectivity index (χ1n) is 12.2. The maximum Gasteiger partial charge on any atom is 0.413 e. The van der Waals surface area contributed by atoms with Gasteiger partial charge in [0.05, 0.1) is 13.2 Å². The third-order valence-corrected chi connectivity index (χ3v) is 6.13. The second kappa shape index (κ2) is 12.6. The Kier molecular flexibility index (Phi) is 8.98. The zero-order valence-corrected chi connectivity index (χ0v) is 20.9. The lowest BCUT2D eigenvalue weighted by molar-refractivity contribution is 0.145. The Balaban J connectivity index is 1.35. The van der Waals surface area contributed by atoms with Crippen molar-refractivity contribution in [3.05, 3.63) is 71.7 Å². The Hall–Kier alpha value is -3.90. The van der Waals surface area contributed by atoms with Crippen molar-refractivity contribution < 1.29 is 27.8 Å². The molecule has 4 rings (SSSR count). The SMILES string of the molecule is CN1CCN(CCCOc2ccc(Nc3nccc(N(Cc4ccc(F)c(F)c4)C(=O)O)n3)cc2F)CC1. The number of hydrogen-bond acceptors (Lipinski definition) is 7. The van der Waals surface area contributed by atoms with E-state index in [4.69, 9.17) is 4.74 Å². The monoisotopic (exact) mass is 530 g/mol. The van der Waals surface area contributed by atoms with Gasteiger partial charge < -0.3 is 25.0 Å². The standard InChI is InChI=1S/C26H29F3N6O3/c1-33-10-12-34(13-11-33)9-2-14-38-23-6-4-19(16-22(23)29)31-25-30-8-7-24(32-25)35(26(36)37)17-18-3-5-20(27)21(28)15-18/h3-8,15-16H,2,9-14,17H2,1H3,(H,36,37)(H,30,31,32). The lowest BCUT2D eigenvalue weighted by Gasteiger charge is -2.32. The van der Waals surface area contributed by atoms with Gasteiger partial charge in [-0.3, -0.25) is 4.90 Å². The van der Waals surface area contributed by atoms with E-state index in [1.807, 2.05) is 0 Å². The summed E-state index contributed by atoms with van der Waals surface area (Å²) in [5.41, 5.74) is 0.576. The zero-order valence-electron chi connectivity index (χ0n) is 20.9. The summed E-state index contributed by atoms with van der Waals surface area (Å²) in [4.78, 5) is 25.6. The molecule has 38 heavy (non-hydrogen) atoms. The fraction of sp³-hybridized carbons (Fsp3) is 0.346. The lowest BCUT2D eigenvalue weighted by atomic mass is 10.2. The van der Waals surface area contributed by atoms with Crippen LogP contribution in [0.5, 0.6) is 5.75 Å². The van der Waals surface area contributed by atoms with Gasteiger partial charge in [-0.05, 0) is 49.4 Å². The predicted molar refractivity (Wildman–Crippen MR) is 136 cm³/mol. The molecule has 0 spiro atoms. The number of aromatic nitrogens is 2. The number of piperazine rings is 1. The molecule has 1 saturated heterocycles. The van der Waals surface area contributed by atoms with Crippen molar-refractivity contribution in [1.82, 2.24) is 19.8 Å². The van der Waals surface area contributed by atoms with Gasteiger partial charge in [0.25, 0.3) is 0 Å². The summed E-state index contributed by atoms with van der Waals surface area (Å²) in [5.74, 6) is -2.51. The van der Waals surface area contributed by atoms with Gasteiger partial charge in [0.2, 0.25) is 5.95 Å². The minimum absolute atomic E-state index is 0.000471. The van der Waals surface area contributed by atoms with Crippen LogP contribution in [0.4, 0.5) is 35.4 Å². The van der Waals surface area contributed by atoms with Crippen LogP contribution >= 0.6 is 0 Å². The zero-order chi connectivity index (χ0) is 27.1. The average molecular weight is 531 g/mol. The number of nitrogens with zero attached hydrogens (tertiary/aromatic N) is 5. The largest absolute Gasteiger partial charge is 0.490 e. The van der Waals surface area contributed by atoms with Gasteiger partial charge in [-0.2, -0.15) is 4.98 Å². The maximum absolute atomic E-state index is 14.6. The number of likely N-dealkylation sites (N-methyl/N-ethyl adjacent to an activating group) is 1. The minimum Gasteiger partial charge on any atom is -0.490 e. The van der Waals surface area contributed by atoms with Crippen LogP contribution in [-0.4, -0.2) is 77.3 Å². The van der Waals surface area contributed by atoms with E-state index in [0.717, 1.165) is 56.2 Å². The maximum atomic E-state index is 14.6. The Morgan fingerprint density at radius 1 is 1.05 bits per heavy atom. The highest BCUT2D eigenvalue weighted by atomic mass is 19.2. The Bertz CT molecular complexity index is 1260. The second-order valence-electron chi connectivity index (χ2n) is 8.97. The molecule has 9 nitrogen and oxygen atoms in total. The molecule has 3 aromatic rings. The molecule has 0 atom stereocenters. The summed E-state index contributed by atoms with van der Waals surface area (Å²) < 4.78 is 47.0. The molecule has 12 heteroatoms. The Morgan fingerprint density at radius 3 is 2.55 bits per heavy atom. The average Bonchev–Trinajstić information content (AvgIpc) is 2.89. The number of nitrogens with one attached hydrogen (secondary N) is 1. The molecular formula is C26H29F3N6O3. The van der Waals surface area contributed by atoms with Crippen LogP contribution in [0, 0.1) is 17.5 Å². The molecule has 1 fully saturated rings. The van der Waals surface area contributed by atoms with Crippen molar-refractivity contribution >= 4 is 23.5 Å². The van der Waals surface area contributed by atoms with E-state index in [1.165, 1.54) is 30.5 Å². The smallest absolute Gasteiger partial charge is 0.413 e. The summed E-state index contributed by atoms with van der Waals surface area (Å²) in [5, 5.41) is 12.5. The fourth-order valence-corrected chi connectivity index (χ4v) is 3.99.